The summed E-state index contributed by atoms with van der Waals surface area (Å²) in [7, 11) is 1.63. The second kappa shape index (κ2) is 7.59. The van der Waals surface area contributed by atoms with Gasteiger partial charge in [0, 0.05) is 32.9 Å². The van der Waals surface area contributed by atoms with Crippen LogP contribution in [0.5, 0.6) is 0 Å². The van der Waals surface area contributed by atoms with Crippen molar-refractivity contribution in [1.82, 2.24) is 10.2 Å². The van der Waals surface area contributed by atoms with Crippen molar-refractivity contribution in [3.63, 3.8) is 0 Å². The summed E-state index contributed by atoms with van der Waals surface area (Å²) in [5.74, 6) is 0.124. The minimum absolute atomic E-state index is 0.0660. The summed E-state index contributed by atoms with van der Waals surface area (Å²) in [6.07, 6.45) is 5.77. The first kappa shape index (κ1) is 17.7. The van der Waals surface area contributed by atoms with Crippen LogP contribution in [-0.4, -0.2) is 42.1 Å². The van der Waals surface area contributed by atoms with Crippen molar-refractivity contribution in [1.29, 1.82) is 0 Å². The number of ether oxygens (including phenoxy) is 1. The Balaban J connectivity index is 3.02. The third-order valence-corrected chi connectivity index (χ3v) is 4.10. The molecule has 120 valence electrons. The van der Waals surface area contributed by atoms with Gasteiger partial charge in [0.05, 0.1) is 0 Å². The lowest BCUT2D eigenvalue weighted by Crippen LogP contribution is -2.61. The molecule has 0 aliphatic carbocycles. The Bertz CT molecular complexity index is 408. The average molecular weight is 296 g/mol. The van der Waals surface area contributed by atoms with Crippen molar-refractivity contribution >= 4 is 11.8 Å². The normalized spacial score (nSPS) is 23.4. The van der Waals surface area contributed by atoms with Gasteiger partial charge in [-0.25, -0.2) is 0 Å². The van der Waals surface area contributed by atoms with Crippen molar-refractivity contribution in [2.75, 3.05) is 13.7 Å². The number of methoxy groups -OCH3 is 1. The lowest BCUT2D eigenvalue weighted by molar-refractivity contribution is -0.144. The van der Waals surface area contributed by atoms with Gasteiger partial charge in [-0.05, 0) is 20.3 Å². The summed E-state index contributed by atoms with van der Waals surface area (Å²) in [6.45, 7) is 8.06. The van der Waals surface area contributed by atoms with Crippen molar-refractivity contribution in [2.45, 2.75) is 58.7 Å². The van der Waals surface area contributed by atoms with Crippen LogP contribution in [0.3, 0.4) is 0 Å². The predicted octanol–water partition coefficient (Wildman–Crippen LogP) is 2.08. The standard InChI is InChI=1S/C16H28N2O3/c1-6-8-13-10-14(20)18(11-13)15(17-12(3)19)16(4,21-5)9-7-2/h6,8,13,15H,7,9-11H2,1-5H3,(H,17,19)/b8-6-/t13-,15-,16+/m1/s1. The molecule has 0 aromatic heterocycles. The maximum atomic E-state index is 12.3. The Hall–Kier alpha value is -1.36. The summed E-state index contributed by atoms with van der Waals surface area (Å²) < 4.78 is 5.67. The molecular weight excluding hydrogens is 268 g/mol. The van der Waals surface area contributed by atoms with E-state index in [9.17, 15) is 9.59 Å². The molecule has 21 heavy (non-hydrogen) atoms. The van der Waals surface area contributed by atoms with E-state index >= 15 is 0 Å². The number of carbonyl (C=O) groups is 2. The maximum Gasteiger partial charge on any atom is 0.224 e. The van der Waals surface area contributed by atoms with Gasteiger partial charge in [-0.2, -0.15) is 0 Å². The lowest BCUT2D eigenvalue weighted by atomic mass is 9.95. The van der Waals surface area contributed by atoms with Gasteiger partial charge < -0.3 is 15.0 Å². The molecular formula is C16H28N2O3. The number of nitrogens with one attached hydrogen (secondary N) is 1. The van der Waals surface area contributed by atoms with Crippen LogP contribution >= 0.6 is 0 Å². The molecule has 0 radical (unpaired) electrons. The van der Waals surface area contributed by atoms with Crippen LogP contribution in [-0.2, 0) is 14.3 Å². The quantitative estimate of drug-likeness (QED) is 0.732. The highest BCUT2D eigenvalue weighted by molar-refractivity contribution is 5.80. The van der Waals surface area contributed by atoms with E-state index in [1.54, 1.807) is 12.0 Å². The number of rotatable bonds is 7. The SMILES string of the molecule is C/C=C\[C@@H]1CC(=O)N([C@@H](NC(C)=O)[C@](C)(CCC)OC)C1. The van der Waals surface area contributed by atoms with E-state index < -0.39 is 11.8 Å². The van der Waals surface area contributed by atoms with Gasteiger partial charge in [0.1, 0.15) is 11.8 Å². The number of nitrogens with zero attached hydrogens (tertiary/aromatic N) is 1. The largest absolute Gasteiger partial charge is 0.374 e. The van der Waals surface area contributed by atoms with E-state index in [1.807, 2.05) is 26.0 Å². The molecule has 0 aromatic rings. The van der Waals surface area contributed by atoms with Crippen LogP contribution < -0.4 is 5.32 Å². The van der Waals surface area contributed by atoms with Crippen molar-refractivity contribution < 1.29 is 14.3 Å². The Kier molecular flexibility index (Phi) is 6.40. The first-order valence-corrected chi connectivity index (χ1v) is 7.62. The van der Waals surface area contributed by atoms with Crippen LogP contribution in [0.25, 0.3) is 0 Å². The van der Waals surface area contributed by atoms with E-state index in [2.05, 4.69) is 12.2 Å². The van der Waals surface area contributed by atoms with Crippen LogP contribution in [0.4, 0.5) is 0 Å². The first-order chi connectivity index (χ1) is 9.87. The average Bonchev–Trinajstić information content (AvgIpc) is 2.77. The van der Waals surface area contributed by atoms with Crippen molar-refractivity contribution in [3.05, 3.63) is 12.2 Å². The number of hydrogen-bond acceptors (Lipinski definition) is 3. The fourth-order valence-electron chi connectivity index (χ4n) is 3.01. The van der Waals surface area contributed by atoms with E-state index in [1.165, 1.54) is 6.92 Å². The molecule has 1 N–H and O–H groups in total. The number of amides is 2. The molecule has 0 unspecified atom stereocenters. The molecule has 1 saturated heterocycles. The molecule has 0 saturated carbocycles. The van der Waals surface area contributed by atoms with Gasteiger partial charge in [-0.3, -0.25) is 9.59 Å². The second-order valence-corrected chi connectivity index (χ2v) is 5.91. The van der Waals surface area contributed by atoms with Crippen LogP contribution in [0.1, 0.15) is 47.0 Å². The molecule has 1 rings (SSSR count). The van der Waals surface area contributed by atoms with E-state index in [0.717, 1.165) is 12.8 Å². The smallest absolute Gasteiger partial charge is 0.224 e. The zero-order chi connectivity index (χ0) is 16.0. The summed E-state index contributed by atoms with van der Waals surface area (Å²) in [5, 5.41) is 2.91. The van der Waals surface area contributed by atoms with E-state index in [-0.39, 0.29) is 17.7 Å². The fraction of sp³-hybridized carbons (Fsp3) is 0.750. The second-order valence-electron chi connectivity index (χ2n) is 5.91. The molecule has 0 bridgehead atoms. The van der Waals surface area contributed by atoms with Gasteiger partial charge in [0.2, 0.25) is 11.8 Å². The predicted molar refractivity (Wildman–Crippen MR) is 82.6 cm³/mol. The summed E-state index contributed by atoms with van der Waals surface area (Å²) >= 11 is 0. The molecule has 2 amide bonds. The topological polar surface area (TPSA) is 58.6 Å². The van der Waals surface area contributed by atoms with Gasteiger partial charge in [-0.1, -0.05) is 25.5 Å². The van der Waals surface area contributed by atoms with Gasteiger partial charge in [-0.15, -0.1) is 0 Å². The number of likely N-dealkylation sites (tertiary alicyclic amines) is 1. The third-order valence-electron chi connectivity index (χ3n) is 4.10. The van der Waals surface area contributed by atoms with Gasteiger partial charge >= 0.3 is 0 Å². The molecule has 1 aliphatic rings. The molecule has 1 fully saturated rings. The van der Waals surface area contributed by atoms with Crippen molar-refractivity contribution in [2.24, 2.45) is 5.92 Å². The highest BCUT2D eigenvalue weighted by Crippen LogP contribution is 2.29. The highest BCUT2D eigenvalue weighted by Gasteiger charge is 2.43. The van der Waals surface area contributed by atoms with Gasteiger partial charge in [0.25, 0.3) is 0 Å². The summed E-state index contributed by atoms with van der Waals surface area (Å²) in [4.78, 5) is 25.7. The number of allylic oxidation sites excluding steroid dienone is 1. The molecule has 5 heteroatoms. The molecule has 1 aliphatic heterocycles. The molecule has 1 heterocycles. The molecule has 0 spiro atoms. The Labute approximate surface area is 127 Å². The Morgan fingerprint density at radius 3 is 2.76 bits per heavy atom. The zero-order valence-electron chi connectivity index (χ0n) is 13.8. The number of carbonyl (C=O) groups excluding carboxylic acids is 2. The monoisotopic (exact) mass is 296 g/mol. The highest BCUT2D eigenvalue weighted by atomic mass is 16.5. The van der Waals surface area contributed by atoms with Crippen LogP contribution in [0, 0.1) is 5.92 Å². The Morgan fingerprint density at radius 1 is 1.62 bits per heavy atom. The van der Waals surface area contributed by atoms with Crippen molar-refractivity contribution in [3.8, 4) is 0 Å². The minimum Gasteiger partial charge on any atom is -0.374 e. The Morgan fingerprint density at radius 2 is 2.29 bits per heavy atom. The first-order valence-electron chi connectivity index (χ1n) is 7.62. The molecule has 0 aromatic carbocycles. The molecule has 3 atom stereocenters. The number of hydrogen-bond donors (Lipinski definition) is 1. The van der Waals surface area contributed by atoms with E-state index in [0.29, 0.717) is 13.0 Å². The third kappa shape index (κ3) is 4.30. The maximum absolute atomic E-state index is 12.3. The zero-order valence-corrected chi connectivity index (χ0v) is 13.8. The minimum atomic E-state index is -0.582. The van der Waals surface area contributed by atoms with E-state index in [4.69, 9.17) is 4.74 Å². The fourth-order valence-corrected chi connectivity index (χ4v) is 3.01. The van der Waals surface area contributed by atoms with Crippen LogP contribution in [0.2, 0.25) is 0 Å². The molecule has 5 nitrogen and oxygen atoms in total. The lowest BCUT2D eigenvalue weighted by Gasteiger charge is -2.41. The van der Waals surface area contributed by atoms with Crippen LogP contribution in [0.15, 0.2) is 12.2 Å². The summed E-state index contributed by atoms with van der Waals surface area (Å²) in [6, 6.07) is 0. The van der Waals surface area contributed by atoms with Gasteiger partial charge in [0.15, 0.2) is 0 Å². The summed E-state index contributed by atoms with van der Waals surface area (Å²) in [5.41, 5.74) is -0.582.